The molecule has 45 heavy (non-hydrogen) atoms. The summed E-state index contributed by atoms with van der Waals surface area (Å²) >= 11 is 1.13. The van der Waals surface area contributed by atoms with E-state index in [-0.39, 0.29) is 17.7 Å². The third-order valence-corrected chi connectivity index (χ3v) is 9.47. The minimum absolute atomic E-state index is 0.119. The molecule has 2 aromatic heterocycles. The molecule has 10 nitrogen and oxygen atoms in total. The summed E-state index contributed by atoms with van der Waals surface area (Å²) in [5.41, 5.74) is 3.05. The highest BCUT2D eigenvalue weighted by molar-refractivity contribution is 7.89. The van der Waals surface area contributed by atoms with Gasteiger partial charge in [0.25, 0.3) is 0 Å². The number of sulfonamides is 1. The average Bonchev–Trinajstić information content (AvgIpc) is 3.56. The van der Waals surface area contributed by atoms with Gasteiger partial charge in [0.1, 0.15) is 16.5 Å². The third-order valence-electron chi connectivity index (χ3n) is 7.71. The summed E-state index contributed by atoms with van der Waals surface area (Å²) in [4.78, 5) is 17.4. The van der Waals surface area contributed by atoms with E-state index in [0.717, 1.165) is 55.1 Å². The Balaban J connectivity index is 1.45. The van der Waals surface area contributed by atoms with Gasteiger partial charge in [-0.1, -0.05) is 17.9 Å². The fourth-order valence-electron chi connectivity index (χ4n) is 5.19. The molecule has 0 atom stereocenters. The number of aromatic carboxylic acids is 1. The number of rotatable bonds is 9. The molecule has 2 aromatic carbocycles. The van der Waals surface area contributed by atoms with Gasteiger partial charge in [0.05, 0.1) is 36.7 Å². The lowest BCUT2D eigenvalue weighted by molar-refractivity contribution is 0.0443. The van der Waals surface area contributed by atoms with Gasteiger partial charge in [-0.2, -0.15) is 5.10 Å². The number of primary sulfonamides is 1. The van der Waals surface area contributed by atoms with Crippen molar-refractivity contribution in [3.05, 3.63) is 81.5 Å². The third kappa shape index (κ3) is 7.13. The quantitative estimate of drug-likeness (QED) is 0.260. The normalized spacial score (nSPS) is 15.5. The number of aromatic nitrogens is 3. The molecular weight excluding hydrogens is 625 g/mol. The second-order valence-electron chi connectivity index (χ2n) is 11.0. The summed E-state index contributed by atoms with van der Waals surface area (Å²) in [6, 6.07) is 8.28. The first-order valence-electron chi connectivity index (χ1n) is 14.3. The van der Waals surface area contributed by atoms with Crippen molar-refractivity contribution in [2.24, 2.45) is 11.1 Å². The van der Waals surface area contributed by atoms with Gasteiger partial charge in [-0.3, -0.25) is 4.90 Å². The topological polar surface area (TPSA) is 141 Å². The molecule has 0 radical (unpaired) electrons. The van der Waals surface area contributed by atoms with Crippen LogP contribution in [0.3, 0.4) is 0 Å². The van der Waals surface area contributed by atoms with Crippen molar-refractivity contribution >= 4 is 27.3 Å². The molecule has 3 N–H and O–H groups in total. The molecule has 3 heterocycles. The highest BCUT2D eigenvalue weighted by Crippen LogP contribution is 2.38. The zero-order valence-corrected chi connectivity index (χ0v) is 25.6. The Kier molecular flexibility index (Phi) is 8.80. The molecule has 0 unspecified atom stereocenters. The van der Waals surface area contributed by atoms with Crippen LogP contribution >= 0.6 is 11.3 Å². The van der Waals surface area contributed by atoms with Crippen LogP contribution in [-0.4, -0.2) is 72.0 Å². The number of nitrogens with two attached hydrogens (primary N) is 1. The number of hydrogen-bond acceptors (Lipinski definition) is 8. The minimum atomic E-state index is -4.25. The number of carboxylic acids is 1. The van der Waals surface area contributed by atoms with E-state index < -0.39 is 32.5 Å². The van der Waals surface area contributed by atoms with Gasteiger partial charge in [0, 0.05) is 36.0 Å². The van der Waals surface area contributed by atoms with Crippen molar-refractivity contribution in [3.8, 4) is 28.2 Å². The lowest BCUT2D eigenvalue weighted by atomic mass is 9.96. The molecule has 0 spiro atoms. The van der Waals surface area contributed by atoms with Crippen molar-refractivity contribution in [1.82, 2.24) is 19.7 Å². The number of halogens is 2. The summed E-state index contributed by atoms with van der Waals surface area (Å²) in [5.74, 6) is 3.74. The van der Waals surface area contributed by atoms with E-state index in [0.29, 0.717) is 59.6 Å². The Morgan fingerprint density at radius 3 is 2.58 bits per heavy atom. The molecule has 1 saturated heterocycles. The molecule has 0 amide bonds. The Bertz CT molecular complexity index is 1940. The molecule has 2 aliphatic rings. The first kappa shape index (κ1) is 31.0. The van der Waals surface area contributed by atoms with Crippen LogP contribution in [-0.2, 0) is 27.6 Å². The van der Waals surface area contributed by atoms with Crippen molar-refractivity contribution in [1.29, 1.82) is 0 Å². The standard InChI is InChI=1S/C31H29F2N5O5S2/c32-24-7-6-22(17-21(24)2-1-9-37-10-12-43-13-11-37)29-23(14-20-5-8-28(25(33)15-20)45(34,41)42)27(16-19-3-4-19)38(36-29)31-35-26(18-44-31)30(39)40/h5-8,15,17-19H,3-4,9-14,16H2,(H,39,40)(H2,34,41,42). The number of thiazole rings is 1. The molecular formula is C31H29F2N5O5S2. The highest BCUT2D eigenvalue weighted by Gasteiger charge is 2.30. The van der Waals surface area contributed by atoms with Gasteiger partial charge >= 0.3 is 5.97 Å². The Morgan fingerprint density at radius 2 is 1.91 bits per heavy atom. The van der Waals surface area contributed by atoms with Crippen LogP contribution in [0.5, 0.6) is 0 Å². The van der Waals surface area contributed by atoms with Gasteiger partial charge in [-0.05, 0) is 61.1 Å². The van der Waals surface area contributed by atoms with Crippen molar-refractivity contribution in [2.45, 2.75) is 30.6 Å². The minimum Gasteiger partial charge on any atom is -0.476 e. The average molecular weight is 654 g/mol. The van der Waals surface area contributed by atoms with Crippen LogP contribution in [0.4, 0.5) is 8.78 Å². The number of carbonyl (C=O) groups is 1. The Labute approximate surface area is 262 Å². The van der Waals surface area contributed by atoms with E-state index in [4.69, 9.17) is 15.0 Å². The maximum Gasteiger partial charge on any atom is 0.355 e. The number of benzene rings is 2. The second kappa shape index (κ2) is 12.8. The predicted octanol–water partition coefficient (Wildman–Crippen LogP) is 3.85. The van der Waals surface area contributed by atoms with E-state index in [2.05, 4.69) is 21.7 Å². The fraction of sp³-hybridized carbons (Fsp3) is 0.323. The first-order chi connectivity index (χ1) is 21.6. The monoisotopic (exact) mass is 653 g/mol. The molecule has 1 aliphatic carbocycles. The summed E-state index contributed by atoms with van der Waals surface area (Å²) in [6.07, 6.45) is 2.78. The molecule has 234 valence electrons. The Hall–Kier alpha value is -4.00. The van der Waals surface area contributed by atoms with Crippen molar-refractivity contribution < 1.29 is 31.8 Å². The molecule has 6 rings (SSSR count). The molecule has 1 aliphatic heterocycles. The fourth-order valence-corrected chi connectivity index (χ4v) is 6.55. The summed E-state index contributed by atoms with van der Waals surface area (Å²) in [7, 11) is -4.25. The van der Waals surface area contributed by atoms with Crippen LogP contribution < -0.4 is 5.14 Å². The van der Waals surface area contributed by atoms with E-state index >= 15 is 0 Å². The molecule has 1 saturated carbocycles. The van der Waals surface area contributed by atoms with Gasteiger partial charge in [0.15, 0.2) is 5.69 Å². The summed E-state index contributed by atoms with van der Waals surface area (Å²) in [5, 5.41) is 21.3. The summed E-state index contributed by atoms with van der Waals surface area (Å²) in [6.45, 7) is 3.22. The van der Waals surface area contributed by atoms with Crippen LogP contribution in [0, 0.1) is 29.4 Å². The van der Waals surface area contributed by atoms with E-state index in [9.17, 15) is 27.1 Å². The lowest BCUT2D eigenvalue weighted by Gasteiger charge is -2.24. The molecule has 0 bridgehead atoms. The van der Waals surface area contributed by atoms with Crippen LogP contribution in [0.25, 0.3) is 16.4 Å². The van der Waals surface area contributed by atoms with Gasteiger partial charge < -0.3 is 9.84 Å². The van der Waals surface area contributed by atoms with E-state index in [1.807, 2.05) is 0 Å². The van der Waals surface area contributed by atoms with E-state index in [1.165, 1.54) is 17.5 Å². The largest absolute Gasteiger partial charge is 0.476 e. The van der Waals surface area contributed by atoms with Crippen LogP contribution in [0.2, 0.25) is 0 Å². The van der Waals surface area contributed by atoms with E-state index in [1.54, 1.807) is 16.8 Å². The zero-order valence-electron chi connectivity index (χ0n) is 24.0. The number of carboxylic acid groups (broad SMARTS) is 1. The maximum absolute atomic E-state index is 15.0. The number of ether oxygens (including phenoxy) is 1. The SMILES string of the molecule is NS(=O)(=O)c1ccc(Cc2c(-c3ccc(F)c(C#CCN4CCOCC4)c3)nn(-c3nc(C(=O)O)cs3)c2CC2CC2)cc1F. The Morgan fingerprint density at radius 1 is 1.13 bits per heavy atom. The number of nitrogens with zero attached hydrogens (tertiary/aromatic N) is 4. The molecule has 14 heteroatoms. The van der Waals surface area contributed by atoms with Gasteiger partial charge in [-0.15, -0.1) is 11.3 Å². The number of hydrogen-bond donors (Lipinski definition) is 2. The highest BCUT2D eigenvalue weighted by atomic mass is 32.2. The van der Waals surface area contributed by atoms with Crippen LogP contribution in [0.15, 0.2) is 46.7 Å². The molecule has 4 aromatic rings. The summed E-state index contributed by atoms with van der Waals surface area (Å²) < 4.78 is 60.4. The number of morpholine rings is 1. The predicted molar refractivity (Wildman–Crippen MR) is 163 cm³/mol. The molecule has 2 fully saturated rings. The van der Waals surface area contributed by atoms with Crippen molar-refractivity contribution in [2.75, 3.05) is 32.8 Å². The smallest absolute Gasteiger partial charge is 0.355 e. The zero-order chi connectivity index (χ0) is 31.7. The first-order valence-corrected chi connectivity index (χ1v) is 16.7. The van der Waals surface area contributed by atoms with Crippen molar-refractivity contribution in [3.63, 3.8) is 0 Å². The maximum atomic E-state index is 15.0. The lowest BCUT2D eigenvalue weighted by Crippen LogP contribution is -2.36. The van der Waals surface area contributed by atoms with Crippen LogP contribution in [0.1, 0.15) is 45.7 Å². The van der Waals surface area contributed by atoms with Gasteiger partial charge in [0.2, 0.25) is 15.2 Å². The van der Waals surface area contributed by atoms with Gasteiger partial charge in [-0.25, -0.2) is 36.8 Å². The second-order valence-corrected chi connectivity index (χ2v) is 13.4.